The van der Waals surface area contributed by atoms with E-state index in [1.165, 1.54) is 0 Å². The first-order valence-corrected chi connectivity index (χ1v) is 10.9. The summed E-state index contributed by atoms with van der Waals surface area (Å²) in [6.07, 6.45) is 2.14. The molecule has 0 fully saturated rings. The first-order valence-electron chi connectivity index (χ1n) is 10.5. The van der Waals surface area contributed by atoms with Gasteiger partial charge in [0.2, 0.25) is 5.91 Å². The van der Waals surface area contributed by atoms with Gasteiger partial charge in [-0.2, -0.15) is 0 Å². The molecule has 166 valence electrons. The summed E-state index contributed by atoms with van der Waals surface area (Å²) in [5.41, 5.74) is 4.21. The van der Waals surface area contributed by atoms with Crippen molar-refractivity contribution >= 4 is 29.2 Å². The molecule has 0 radical (unpaired) electrons. The number of phenolic OH excluding ortho intramolecular Hbond substituents is 1. The van der Waals surface area contributed by atoms with Crippen molar-refractivity contribution in [2.45, 2.75) is 38.5 Å². The molecule has 6 heteroatoms. The molecule has 1 atom stereocenters. The summed E-state index contributed by atoms with van der Waals surface area (Å²) in [5.74, 6) is -1.50. The van der Waals surface area contributed by atoms with Crippen LogP contribution in [0.3, 0.4) is 0 Å². The molecule has 0 heterocycles. The van der Waals surface area contributed by atoms with Gasteiger partial charge >= 0.3 is 5.97 Å². The van der Waals surface area contributed by atoms with Crippen molar-refractivity contribution in [2.24, 2.45) is 0 Å². The minimum absolute atomic E-state index is 0.00207. The summed E-state index contributed by atoms with van der Waals surface area (Å²) < 4.78 is 0. The summed E-state index contributed by atoms with van der Waals surface area (Å²) in [4.78, 5) is 23.4. The molecule has 3 aromatic carbocycles. The van der Waals surface area contributed by atoms with Gasteiger partial charge in [-0.15, -0.1) is 0 Å². The number of aromatic hydroxyl groups is 1. The molecule has 0 aliphatic heterocycles. The van der Waals surface area contributed by atoms with Gasteiger partial charge in [-0.05, 0) is 66.6 Å². The van der Waals surface area contributed by atoms with Crippen molar-refractivity contribution < 1.29 is 19.8 Å². The molecule has 0 aromatic heterocycles. The van der Waals surface area contributed by atoms with Crippen molar-refractivity contribution in [2.75, 3.05) is 5.32 Å². The standard InChI is InChI=1S/C26H26ClNO4/c1-17(21-6-2-3-7-22(21)27)26(32)28-23-16-20(13-14-24(23)29)15-19-11-9-18(10-12-19)5-4-8-25(30)31/h2-3,6-7,9-14,16-17,29H,4-5,8,15H2,1H3,(H,28,32)(H,30,31). The number of carbonyl (C=O) groups excluding carboxylic acids is 1. The van der Waals surface area contributed by atoms with Crippen LogP contribution in [0, 0.1) is 0 Å². The number of phenols is 1. The van der Waals surface area contributed by atoms with Crippen molar-refractivity contribution in [3.05, 3.63) is 94.0 Å². The van der Waals surface area contributed by atoms with E-state index >= 15 is 0 Å². The zero-order chi connectivity index (χ0) is 23.1. The largest absolute Gasteiger partial charge is 0.506 e. The summed E-state index contributed by atoms with van der Waals surface area (Å²) >= 11 is 6.21. The SMILES string of the molecule is CC(C(=O)Nc1cc(Cc2ccc(CCCC(=O)O)cc2)ccc1O)c1ccccc1Cl. The number of halogens is 1. The highest BCUT2D eigenvalue weighted by atomic mass is 35.5. The molecular weight excluding hydrogens is 426 g/mol. The van der Waals surface area contributed by atoms with Gasteiger partial charge in [0, 0.05) is 11.4 Å². The van der Waals surface area contributed by atoms with Gasteiger partial charge < -0.3 is 15.5 Å². The smallest absolute Gasteiger partial charge is 0.303 e. The van der Waals surface area contributed by atoms with E-state index in [9.17, 15) is 14.7 Å². The lowest BCUT2D eigenvalue weighted by Gasteiger charge is -2.15. The Morgan fingerprint density at radius 1 is 0.969 bits per heavy atom. The topological polar surface area (TPSA) is 86.6 Å². The molecule has 3 aromatic rings. The zero-order valence-corrected chi connectivity index (χ0v) is 18.6. The van der Waals surface area contributed by atoms with Crippen LogP contribution in [0.15, 0.2) is 66.7 Å². The lowest BCUT2D eigenvalue weighted by atomic mass is 9.99. The monoisotopic (exact) mass is 451 g/mol. The Balaban J connectivity index is 1.66. The van der Waals surface area contributed by atoms with Crippen LogP contribution in [0.1, 0.15) is 47.9 Å². The molecule has 0 bridgehead atoms. The van der Waals surface area contributed by atoms with E-state index in [4.69, 9.17) is 16.7 Å². The van der Waals surface area contributed by atoms with Crippen molar-refractivity contribution in [1.82, 2.24) is 0 Å². The quantitative estimate of drug-likeness (QED) is 0.359. The Kier molecular flexibility index (Phi) is 7.90. The number of amides is 1. The number of anilines is 1. The number of hydrogen-bond acceptors (Lipinski definition) is 3. The van der Waals surface area contributed by atoms with Crippen LogP contribution in [0.25, 0.3) is 0 Å². The lowest BCUT2D eigenvalue weighted by molar-refractivity contribution is -0.137. The maximum absolute atomic E-state index is 12.7. The van der Waals surface area contributed by atoms with Crippen LogP contribution >= 0.6 is 11.6 Å². The fourth-order valence-electron chi connectivity index (χ4n) is 3.50. The van der Waals surface area contributed by atoms with Crippen LogP contribution in [0.4, 0.5) is 5.69 Å². The second kappa shape index (κ2) is 10.8. The van der Waals surface area contributed by atoms with Gasteiger partial charge in [0.1, 0.15) is 5.75 Å². The van der Waals surface area contributed by atoms with Crippen molar-refractivity contribution in [1.29, 1.82) is 0 Å². The average Bonchev–Trinajstić information content (AvgIpc) is 2.77. The minimum atomic E-state index is -0.780. The third-order valence-electron chi connectivity index (χ3n) is 5.37. The van der Waals surface area contributed by atoms with Crippen LogP contribution in [0.5, 0.6) is 5.75 Å². The maximum atomic E-state index is 12.7. The van der Waals surface area contributed by atoms with Crippen LogP contribution in [-0.4, -0.2) is 22.1 Å². The molecule has 3 N–H and O–H groups in total. The van der Waals surface area contributed by atoms with E-state index in [2.05, 4.69) is 5.32 Å². The van der Waals surface area contributed by atoms with Crippen LogP contribution in [0.2, 0.25) is 5.02 Å². The Morgan fingerprint density at radius 2 is 1.62 bits per heavy atom. The van der Waals surface area contributed by atoms with Gasteiger partial charge in [-0.3, -0.25) is 9.59 Å². The van der Waals surface area contributed by atoms with E-state index in [1.54, 1.807) is 25.1 Å². The third kappa shape index (κ3) is 6.34. The third-order valence-corrected chi connectivity index (χ3v) is 5.72. The van der Waals surface area contributed by atoms with E-state index in [0.717, 1.165) is 28.7 Å². The Bertz CT molecular complexity index is 1100. The van der Waals surface area contributed by atoms with E-state index in [-0.39, 0.29) is 18.1 Å². The number of rotatable bonds is 9. The molecule has 5 nitrogen and oxygen atoms in total. The number of nitrogens with one attached hydrogen (secondary N) is 1. The number of carboxylic acids is 1. The van der Waals surface area contributed by atoms with Gasteiger partial charge in [-0.25, -0.2) is 0 Å². The normalized spacial score (nSPS) is 11.7. The number of aliphatic carboxylic acids is 1. The number of hydrogen-bond donors (Lipinski definition) is 3. The highest BCUT2D eigenvalue weighted by Crippen LogP contribution is 2.29. The molecule has 1 unspecified atom stereocenters. The van der Waals surface area contributed by atoms with Gasteiger partial charge in [0.15, 0.2) is 0 Å². The molecule has 0 saturated carbocycles. The predicted octanol–water partition coefficient (Wildman–Crippen LogP) is 5.79. The Labute approximate surface area is 192 Å². The van der Waals surface area contributed by atoms with E-state index < -0.39 is 11.9 Å². The van der Waals surface area contributed by atoms with Crippen molar-refractivity contribution in [3.8, 4) is 5.75 Å². The average molecular weight is 452 g/mol. The minimum Gasteiger partial charge on any atom is -0.506 e. The Morgan fingerprint density at radius 3 is 2.31 bits per heavy atom. The molecule has 3 rings (SSSR count). The molecule has 32 heavy (non-hydrogen) atoms. The second-order valence-corrected chi connectivity index (χ2v) is 8.23. The summed E-state index contributed by atoms with van der Waals surface area (Å²) in [5, 5.41) is 22.3. The first kappa shape index (κ1) is 23.4. The maximum Gasteiger partial charge on any atom is 0.303 e. The van der Waals surface area contributed by atoms with Crippen molar-refractivity contribution in [3.63, 3.8) is 0 Å². The van der Waals surface area contributed by atoms with Gasteiger partial charge in [0.25, 0.3) is 0 Å². The first-order chi connectivity index (χ1) is 15.3. The van der Waals surface area contributed by atoms with Crippen LogP contribution in [-0.2, 0) is 22.4 Å². The Hall–Kier alpha value is -3.31. The zero-order valence-electron chi connectivity index (χ0n) is 17.8. The fourth-order valence-corrected chi connectivity index (χ4v) is 3.80. The van der Waals surface area contributed by atoms with Gasteiger partial charge in [-0.1, -0.05) is 60.1 Å². The molecule has 0 aliphatic carbocycles. The number of benzene rings is 3. The molecule has 0 spiro atoms. The van der Waals surface area contributed by atoms with Gasteiger partial charge in [0.05, 0.1) is 11.6 Å². The number of aryl methyl sites for hydroxylation is 1. The molecule has 1 amide bonds. The van der Waals surface area contributed by atoms with E-state index in [0.29, 0.717) is 23.6 Å². The fraction of sp³-hybridized carbons (Fsp3) is 0.231. The summed E-state index contributed by atoms with van der Waals surface area (Å²) in [7, 11) is 0. The highest BCUT2D eigenvalue weighted by Gasteiger charge is 2.19. The predicted molar refractivity (Wildman–Crippen MR) is 126 cm³/mol. The van der Waals surface area contributed by atoms with Crippen LogP contribution < -0.4 is 5.32 Å². The molecule has 0 aliphatic rings. The number of carboxylic acid groups (broad SMARTS) is 1. The van der Waals surface area contributed by atoms with E-state index in [1.807, 2.05) is 48.5 Å². The highest BCUT2D eigenvalue weighted by molar-refractivity contribution is 6.31. The molecule has 0 saturated heterocycles. The lowest BCUT2D eigenvalue weighted by Crippen LogP contribution is -2.19. The second-order valence-electron chi connectivity index (χ2n) is 7.82. The summed E-state index contributed by atoms with van der Waals surface area (Å²) in [6.45, 7) is 1.77. The molecular formula is C26H26ClNO4. The summed E-state index contributed by atoms with van der Waals surface area (Å²) in [6, 6.07) is 20.4. The number of carbonyl (C=O) groups is 2.